The third-order valence-electron chi connectivity index (χ3n) is 8.61. The first-order valence-corrected chi connectivity index (χ1v) is 16.5. The third kappa shape index (κ3) is 8.65. The molecule has 6 rings (SSSR count). The molecule has 0 bridgehead atoms. The molecule has 0 spiro atoms. The van der Waals surface area contributed by atoms with E-state index in [0.717, 1.165) is 34.3 Å². The Balaban J connectivity index is 0.827. The van der Waals surface area contributed by atoms with Gasteiger partial charge >= 0.3 is 7.48 Å². The van der Waals surface area contributed by atoms with Crippen LogP contribution in [-0.2, 0) is 48.0 Å². The fraction of sp³-hybridized carbons (Fsp3) is 0.389. The highest BCUT2D eigenvalue weighted by Crippen LogP contribution is 2.32. The van der Waals surface area contributed by atoms with Gasteiger partial charge < -0.3 is 33.8 Å². The number of piperidine rings is 1. The number of anilines is 1. The van der Waals surface area contributed by atoms with Gasteiger partial charge in [0.25, 0.3) is 5.91 Å². The number of ether oxygens (including phenoxy) is 4. The number of carbonyl (C=O) groups excluding carboxylic acids is 3. The van der Waals surface area contributed by atoms with Crippen molar-refractivity contribution >= 4 is 36.4 Å². The van der Waals surface area contributed by atoms with E-state index in [1.807, 2.05) is 36.4 Å². The van der Waals surface area contributed by atoms with Crippen molar-refractivity contribution in [3.63, 3.8) is 0 Å². The van der Waals surface area contributed by atoms with E-state index in [1.54, 1.807) is 30.6 Å². The minimum atomic E-state index is -0.633. The van der Waals surface area contributed by atoms with Crippen LogP contribution in [0.3, 0.4) is 0 Å². The van der Waals surface area contributed by atoms with Gasteiger partial charge in [-0.05, 0) is 72.3 Å². The number of nitriles is 1. The molecule has 1 radical (unpaired) electrons. The number of rotatable bonds is 17. The van der Waals surface area contributed by atoms with E-state index >= 15 is 0 Å². The Labute approximate surface area is 285 Å². The van der Waals surface area contributed by atoms with Gasteiger partial charge in [-0.1, -0.05) is 18.2 Å². The summed E-state index contributed by atoms with van der Waals surface area (Å²) < 4.78 is 28.7. The van der Waals surface area contributed by atoms with Crippen LogP contribution in [0.5, 0.6) is 11.5 Å². The predicted molar refractivity (Wildman–Crippen MR) is 180 cm³/mol. The predicted octanol–water partition coefficient (Wildman–Crippen LogP) is 2.98. The van der Waals surface area contributed by atoms with Crippen LogP contribution in [0.4, 0.5) is 5.69 Å². The summed E-state index contributed by atoms with van der Waals surface area (Å²) in [5.74, 6) is 0.425. The lowest BCUT2D eigenvalue weighted by Crippen LogP contribution is -2.52. The van der Waals surface area contributed by atoms with Crippen LogP contribution in [0, 0.1) is 11.3 Å². The lowest BCUT2D eigenvalue weighted by molar-refractivity contribution is -0.136. The van der Waals surface area contributed by atoms with Crippen molar-refractivity contribution in [2.75, 3.05) is 51.5 Å². The Morgan fingerprint density at radius 2 is 1.80 bits per heavy atom. The van der Waals surface area contributed by atoms with Crippen molar-refractivity contribution < 1.29 is 38.0 Å². The van der Waals surface area contributed by atoms with Crippen LogP contribution in [-0.4, -0.2) is 82.3 Å². The monoisotopic (exact) mass is 665 g/mol. The normalized spacial score (nSPS) is 16.5. The molecule has 1 atom stereocenters. The van der Waals surface area contributed by atoms with Crippen molar-refractivity contribution in [2.24, 2.45) is 0 Å². The van der Waals surface area contributed by atoms with Gasteiger partial charge in [0.1, 0.15) is 17.5 Å². The fourth-order valence-corrected chi connectivity index (χ4v) is 6.03. The molecule has 1 saturated heterocycles. The summed E-state index contributed by atoms with van der Waals surface area (Å²) in [6.07, 6.45) is 1.95. The second kappa shape index (κ2) is 16.6. The molecule has 3 amide bonds. The molecule has 2 N–H and O–H groups in total. The van der Waals surface area contributed by atoms with Crippen LogP contribution < -0.4 is 20.8 Å². The fourth-order valence-electron chi connectivity index (χ4n) is 6.03. The first-order chi connectivity index (χ1) is 24.0. The first-order valence-electron chi connectivity index (χ1n) is 16.5. The molecular weight excluding hydrogens is 627 g/mol. The number of hydrogen-bond acceptors (Lipinski definition) is 10. The summed E-state index contributed by atoms with van der Waals surface area (Å²) in [6, 6.07) is 18.3. The maximum absolute atomic E-state index is 13.0. The Morgan fingerprint density at radius 3 is 2.61 bits per heavy atom. The molecule has 1 unspecified atom stereocenters. The standard InChI is InChI=1S/C36H38BN4O8/c38-21-24-5-6-25(33(19-24)49-27-7-8-30-26(20-27)23-48-37-30)11-14-46-16-18-47-17-15-45-13-2-12-39-31-4-1-3-28-29(31)22-41(36(28)44)32-9-10-34(42)40-35(32)43/h1,3-8,19-20,32,39H,2,9-18,22-23H2,(H,40,42,43). The molecule has 253 valence electrons. The molecule has 3 heterocycles. The van der Waals surface area contributed by atoms with Crippen LogP contribution in [0.2, 0.25) is 0 Å². The number of benzene rings is 3. The van der Waals surface area contributed by atoms with Gasteiger partial charge in [0, 0.05) is 42.9 Å². The molecule has 0 aliphatic carbocycles. The summed E-state index contributed by atoms with van der Waals surface area (Å²) in [6.45, 7) is 4.36. The number of nitrogens with zero attached hydrogens (tertiary/aromatic N) is 2. The van der Waals surface area contributed by atoms with Crippen LogP contribution >= 0.6 is 0 Å². The lowest BCUT2D eigenvalue weighted by atomic mass is 9.87. The third-order valence-corrected chi connectivity index (χ3v) is 8.61. The maximum Gasteiger partial charge on any atom is 0.330 e. The molecule has 3 aromatic rings. The molecule has 1 fully saturated rings. The quantitative estimate of drug-likeness (QED) is 0.125. The summed E-state index contributed by atoms with van der Waals surface area (Å²) >= 11 is 0. The largest absolute Gasteiger partial charge is 0.457 e. The number of hydrogen-bond donors (Lipinski definition) is 2. The summed E-state index contributed by atoms with van der Waals surface area (Å²) in [5, 5.41) is 15.1. The van der Waals surface area contributed by atoms with Crippen LogP contribution in [0.25, 0.3) is 0 Å². The van der Waals surface area contributed by atoms with Crippen molar-refractivity contribution in [2.45, 2.75) is 44.9 Å². The number of amides is 3. The van der Waals surface area contributed by atoms with E-state index in [9.17, 15) is 19.6 Å². The van der Waals surface area contributed by atoms with E-state index in [1.165, 1.54) is 0 Å². The molecule has 49 heavy (non-hydrogen) atoms. The van der Waals surface area contributed by atoms with E-state index in [0.29, 0.717) is 94.8 Å². The molecule has 3 aromatic carbocycles. The molecule has 0 aromatic heterocycles. The highest BCUT2D eigenvalue weighted by molar-refractivity contribution is 6.48. The van der Waals surface area contributed by atoms with Gasteiger partial charge in [-0.2, -0.15) is 5.26 Å². The van der Waals surface area contributed by atoms with Crippen molar-refractivity contribution in [1.82, 2.24) is 10.2 Å². The molecule has 13 heteroatoms. The molecule has 3 aliphatic rings. The second-order valence-corrected chi connectivity index (χ2v) is 11.9. The SMILES string of the molecule is N#Cc1ccc(CCOCCOCCOCCCNc2cccc3c2CN(C2CCC(=O)NC2=O)C3=O)c(Oc2ccc3c(c2)CO[B]3)c1. The number of nitrogens with one attached hydrogen (secondary N) is 2. The highest BCUT2D eigenvalue weighted by atomic mass is 16.5. The second-order valence-electron chi connectivity index (χ2n) is 11.9. The highest BCUT2D eigenvalue weighted by Gasteiger charge is 2.39. The molecule has 3 aliphatic heterocycles. The first kappa shape index (κ1) is 34.1. The number of imide groups is 1. The topological polar surface area (TPSA) is 148 Å². The Hall–Kier alpha value is -4.74. The Bertz CT molecular complexity index is 1730. The number of fused-ring (bicyclic) bond motifs is 2. The minimum absolute atomic E-state index is 0.186. The van der Waals surface area contributed by atoms with Gasteiger partial charge in [0.05, 0.1) is 51.3 Å². The van der Waals surface area contributed by atoms with E-state index in [2.05, 4.69) is 16.7 Å². The Kier molecular flexibility index (Phi) is 11.6. The number of carbonyl (C=O) groups is 3. The zero-order valence-corrected chi connectivity index (χ0v) is 27.2. The Morgan fingerprint density at radius 1 is 0.980 bits per heavy atom. The van der Waals surface area contributed by atoms with E-state index in [4.69, 9.17) is 23.6 Å². The van der Waals surface area contributed by atoms with Crippen molar-refractivity contribution in [1.29, 1.82) is 5.26 Å². The smallest absolute Gasteiger partial charge is 0.330 e. The average Bonchev–Trinajstić information content (AvgIpc) is 3.71. The zero-order valence-electron chi connectivity index (χ0n) is 27.2. The summed E-state index contributed by atoms with van der Waals surface area (Å²) in [7, 11) is 1.74. The minimum Gasteiger partial charge on any atom is -0.457 e. The van der Waals surface area contributed by atoms with Crippen molar-refractivity contribution in [3.8, 4) is 17.6 Å². The van der Waals surface area contributed by atoms with Gasteiger partial charge in [-0.3, -0.25) is 19.7 Å². The molecular formula is C36H38BN4O8. The van der Waals surface area contributed by atoms with Gasteiger partial charge in [0.2, 0.25) is 11.8 Å². The summed E-state index contributed by atoms with van der Waals surface area (Å²) in [5.41, 5.74) is 5.90. The van der Waals surface area contributed by atoms with Gasteiger partial charge in [-0.15, -0.1) is 0 Å². The molecule has 12 nitrogen and oxygen atoms in total. The maximum atomic E-state index is 13.0. The summed E-state index contributed by atoms with van der Waals surface area (Å²) in [4.78, 5) is 38.4. The van der Waals surface area contributed by atoms with E-state index < -0.39 is 11.9 Å². The van der Waals surface area contributed by atoms with Gasteiger partial charge in [0.15, 0.2) is 0 Å². The van der Waals surface area contributed by atoms with Crippen LogP contribution in [0.1, 0.15) is 51.9 Å². The van der Waals surface area contributed by atoms with Crippen molar-refractivity contribution in [3.05, 3.63) is 82.4 Å². The van der Waals surface area contributed by atoms with Crippen LogP contribution in [0.15, 0.2) is 54.6 Å². The molecule has 0 saturated carbocycles. The zero-order chi connectivity index (χ0) is 34.0. The average molecular weight is 666 g/mol. The van der Waals surface area contributed by atoms with E-state index in [-0.39, 0.29) is 18.2 Å². The van der Waals surface area contributed by atoms with Gasteiger partial charge in [-0.25, -0.2) is 0 Å². The lowest BCUT2D eigenvalue weighted by Gasteiger charge is -2.29.